The summed E-state index contributed by atoms with van der Waals surface area (Å²) in [5.41, 5.74) is 5.11. The van der Waals surface area contributed by atoms with Crippen LogP contribution in [0.2, 0.25) is 0 Å². The highest BCUT2D eigenvalue weighted by Crippen LogP contribution is 2.26. The van der Waals surface area contributed by atoms with E-state index in [0.29, 0.717) is 17.5 Å². The average Bonchev–Trinajstić information content (AvgIpc) is 2.70. The molecule has 3 aromatic rings. The number of nitrogens with two attached hydrogens (primary N) is 1. The molecule has 1 aromatic heterocycles. The summed E-state index contributed by atoms with van der Waals surface area (Å²) in [5.74, 6) is 1.04. The quantitative estimate of drug-likeness (QED) is 0.577. The Bertz CT molecular complexity index is 1200. The van der Waals surface area contributed by atoms with Crippen molar-refractivity contribution in [1.29, 1.82) is 0 Å². The van der Waals surface area contributed by atoms with E-state index in [1.165, 1.54) is 23.3 Å². The van der Waals surface area contributed by atoms with Gasteiger partial charge in [0.2, 0.25) is 16.0 Å². The van der Waals surface area contributed by atoms with Crippen LogP contribution in [0, 0.1) is 6.92 Å². The summed E-state index contributed by atoms with van der Waals surface area (Å²) in [6.07, 6.45) is 2.74. The van der Waals surface area contributed by atoms with Crippen LogP contribution in [-0.4, -0.2) is 36.9 Å². The van der Waals surface area contributed by atoms with Crippen LogP contribution in [0.4, 0.5) is 23.1 Å². The van der Waals surface area contributed by atoms with Crippen LogP contribution < -0.4 is 15.8 Å². The molecule has 8 nitrogen and oxygen atoms in total. The molecule has 0 radical (unpaired) electrons. The Morgan fingerprint density at radius 2 is 1.87 bits per heavy atom. The van der Waals surface area contributed by atoms with Crippen molar-refractivity contribution in [2.24, 2.45) is 5.14 Å². The highest BCUT2D eigenvalue weighted by atomic mass is 32.2. The number of nitrogens with one attached hydrogen (secondary N) is 2. The van der Waals surface area contributed by atoms with Crippen molar-refractivity contribution in [1.82, 2.24) is 14.9 Å². The van der Waals surface area contributed by atoms with Crippen molar-refractivity contribution in [2.75, 3.05) is 24.2 Å². The van der Waals surface area contributed by atoms with Gasteiger partial charge in [0.15, 0.2) is 0 Å². The molecule has 0 saturated carbocycles. The van der Waals surface area contributed by atoms with Crippen LogP contribution in [0.5, 0.6) is 0 Å². The molecule has 156 valence electrons. The number of hydrogen-bond donors (Lipinski definition) is 3. The summed E-state index contributed by atoms with van der Waals surface area (Å²) in [4.78, 5) is 11.2. The van der Waals surface area contributed by atoms with E-state index in [9.17, 15) is 8.42 Å². The lowest BCUT2D eigenvalue weighted by atomic mass is 9.99. The summed E-state index contributed by atoms with van der Waals surface area (Å²) in [7, 11) is -1.65. The maximum Gasteiger partial charge on any atom is 0.238 e. The molecular weight excluding hydrogens is 400 g/mol. The molecule has 0 bridgehead atoms. The smallest absolute Gasteiger partial charge is 0.238 e. The van der Waals surface area contributed by atoms with Gasteiger partial charge in [0.25, 0.3) is 0 Å². The predicted molar refractivity (Wildman–Crippen MR) is 118 cm³/mol. The standard InChI is InChI=1S/C21H24N6O2S/c1-14-12-23-21(25-17-4-3-5-19(11-17)30(22,28)29)26-20(14)24-18-7-6-16-13-27(2)9-8-15(16)10-18/h3-7,10-12H,8-9,13H2,1-2H3,(H2,22,28,29)(H2,23,24,25,26). The molecule has 0 saturated heterocycles. The second-order valence-electron chi connectivity index (χ2n) is 7.52. The Morgan fingerprint density at radius 3 is 2.67 bits per heavy atom. The molecule has 1 aliphatic rings. The topological polar surface area (TPSA) is 113 Å². The predicted octanol–water partition coefficient (Wildman–Crippen LogP) is 2.91. The van der Waals surface area contributed by atoms with E-state index in [0.717, 1.165) is 30.8 Å². The van der Waals surface area contributed by atoms with Crippen molar-refractivity contribution in [3.05, 3.63) is 65.4 Å². The third-order valence-electron chi connectivity index (χ3n) is 5.06. The van der Waals surface area contributed by atoms with E-state index in [4.69, 9.17) is 5.14 Å². The van der Waals surface area contributed by atoms with Crippen molar-refractivity contribution >= 4 is 33.2 Å². The van der Waals surface area contributed by atoms with Gasteiger partial charge >= 0.3 is 0 Å². The van der Waals surface area contributed by atoms with Gasteiger partial charge in [0, 0.05) is 36.2 Å². The molecule has 4 N–H and O–H groups in total. The highest BCUT2D eigenvalue weighted by molar-refractivity contribution is 7.89. The van der Waals surface area contributed by atoms with Crippen molar-refractivity contribution < 1.29 is 8.42 Å². The number of sulfonamides is 1. The molecule has 9 heteroatoms. The van der Waals surface area contributed by atoms with Crippen LogP contribution in [0.1, 0.15) is 16.7 Å². The van der Waals surface area contributed by atoms with E-state index < -0.39 is 10.0 Å². The van der Waals surface area contributed by atoms with Crippen molar-refractivity contribution in [3.63, 3.8) is 0 Å². The summed E-state index contributed by atoms with van der Waals surface area (Å²) in [6.45, 7) is 3.95. The molecule has 0 fully saturated rings. The van der Waals surface area contributed by atoms with Crippen molar-refractivity contribution in [3.8, 4) is 0 Å². The van der Waals surface area contributed by atoms with Crippen LogP contribution in [0.3, 0.4) is 0 Å². The molecule has 0 unspecified atom stereocenters. The van der Waals surface area contributed by atoms with Gasteiger partial charge in [-0.15, -0.1) is 0 Å². The SMILES string of the molecule is Cc1cnc(Nc2cccc(S(N)(=O)=O)c2)nc1Nc1ccc2c(c1)CCN(C)C2. The molecule has 0 atom stereocenters. The minimum Gasteiger partial charge on any atom is -0.340 e. The summed E-state index contributed by atoms with van der Waals surface area (Å²) < 4.78 is 23.1. The summed E-state index contributed by atoms with van der Waals surface area (Å²) in [5, 5.41) is 11.6. The lowest BCUT2D eigenvalue weighted by Crippen LogP contribution is -2.26. The Morgan fingerprint density at radius 1 is 1.07 bits per heavy atom. The minimum atomic E-state index is -3.78. The Balaban J connectivity index is 1.56. The monoisotopic (exact) mass is 424 g/mol. The van der Waals surface area contributed by atoms with Gasteiger partial charge in [-0.25, -0.2) is 18.5 Å². The molecular formula is C21H24N6O2S. The molecule has 2 aromatic carbocycles. The van der Waals surface area contributed by atoms with Gasteiger partial charge < -0.3 is 15.5 Å². The molecule has 30 heavy (non-hydrogen) atoms. The first-order chi connectivity index (χ1) is 14.3. The Labute approximate surface area is 176 Å². The van der Waals surface area contributed by atoms with Crippen LogP contribution in [0.25, 0.3) is 0 Å². The fourth-order valence-corrected chi connectivity index (χ4v) is 3.98. The summed E-state index contributed by atoms with van der Waals surface area (Å²) in [6, 6.07) is 12.6. The number of aromatic nitrogens is 2. The van der Waals surface area contributed by atoms with E-state index >= 15 is 0 Å². The molecule has 0 spiro atoms. The van der Waals surface area contributed by atoms with Gasteiger partial charge in [-0.1, -0.05) is 12.1 Å². The lowest BCUT2D eigenvalue weighted by molar-refractivity contribution is 0.313. The van der Waals surface area contributed by atoms with E-state index in [2.05, 4.69) is 50.7 Å². The van der Waals surface area contributed by atoms with Gasteiger partial charge in [0.05, 0.1) is 4.90 Å². The van der Waals surface area contributed by atoms with Crippen LogP contribution >= 0.6 is 0 Å². The average molecular weight is 425 g/mol. The van der Waals surface area contributed by atoms with Gasteiger partial charge in [-0.3, -0.25) is 0 Å². The minimum absolute atomic E-state index is 0.0256. The molecule has 0 amide bonds. The number of fused-ring (bicyclic) bond motifs is 1. The van der Waals surface area contributed by atoms with Crippen LogP contribution in [0.15, 0.2) is 53.6 Å². The number of rotatable bonds is 5. The molecule has 2 heterocycles. The summed E-state index contributed by atoms with van der Waals surface area (Å²) >= 11 is 0. The zero-order valence-corrected chi connectivity index (χ0v) is 17.7. The van der Waals surface area contributed by atoms with Crippen LogP contribution in [-0.2, 0) is 23.0 Å². The van der Waals surface area contributed by atoms with E-state index in [1.807, 2.05) is 6.92 Å². The number of nitrogens with zero attached hydrogens (tertiary/aromatic N) is 3. The number of benzene rings is 2. The molecule has 0 aliphatic carbocycles. The largest absolute Gasteiger partial charge is 0.340 e. The van der Waals surface area contributed by atoms with E-state index in [-0.39, 0.29) is 4.90 Å². The second-order valence-corrected chi connectivity index (χ2v) is 9.08. The highest BCUT2D eigenvalue weighted by Gasteiger charge is 2.14. The number of anilines is 4. The van der Waals surface area contributed by atoms with E-state index in [1.54, 1.807) is 18.3 Å². The zero-order chi connectivity index (χ0) is 21.3. The van der Waals surface area contributed by atoms with Gasteiger partial charge in [-0.05, 0) is 61.9 Å². The zero-order valence-electron chi connectivity index (χ0n) is 16.9. The number of aryl methyl sites for hydroxylation is 1. The Hall–Kier alpha value is -3.01. The van der Waals surface area contributed by atoms with Crippen molar-refractivity contribution in [2.45, 2.75) is 24.8 Å². The first-order valence-electron chi connectivity index (χ1n) is 9.59. The van der Waals surface area contributed by atoms with Gasteiger partial charge in [-0.2, -0.15) is 4.98 Å². The number of primary sulfonamides is 1. The third-order valence-corrected chi connectivity index (χ3v) is 5.97. The normalized spacial score (nSPS) is 14.2. The number of hydrogen-bond acceptors (Lipinski definition) is 7. The maximum absolute atomic E-state index is 11.6. The fraction of sp³-hybridized carbons (Fsp3) is 0.238. The maximum atomic E-state index is 11.6. The Kier molecular flexibility index (Phi) is 5.42. The second kappa shape index (κ2) is 8.02. The fourth-order valence-electron chi connectivity index (χ4n) is 3.42. The number of likely N-dealkylation sites (N-methyl/N-ethyl adjacent to an activating group) is 1. The lowest BCUT2D eigenvalue weighted by Gasteiger charge is -2.25. The molecule has 1 aliphatic heterocycles. The first kappa shape index (κ1) is 20.3. The molecule has 4 rings (SSSR count). The third kappa shape index (κ3) is 4.59. The first-order valence-corrected chi connectivity index (χ1v) is 11.1. The van der Waals surface area contributed by atoms with Gasteiger partial charge in [0.1, 0.15) is 5.82 Å².